The lowest BCUT2D eigenvalue weighted by molar-refractivity contribution is 0.0691. The molecule has 0 unspecified atom stereocenters. The Hall–Kier alpha value is -1.95. The molecular weight excluding hydrogens is 334 g/mol. The van der Waals surface area contributed by atoms with Gasteiger partial charge in [-0.2, -0.15) is 0 Å². The highest BCUT2D eigenvalue weighted by molar-refractivity contribution is 9.10. The maximum Gasteiger partial charge on any atom is 0.356 e. The number of nitrogens with one attached hydrogen (secondary N) is 1. The average molecular weight is 350 g/mol. The zero-order valence-electron chi connectivity index (χ0n) is 11.8. The number of carboxylic acids is 1. The van der Waals surface area contributed by atoms with Crippen LogP contribution in [0.15, 0.2) is 34.9 Å². The molecule has 1 aromatic carbocycles. The predicted molar refractivity (Wildman–Crippen MR) is 84.5 cm³/mol. The fourth-order valence-corrected chi connectivity index (χ4v) is 2.03. The third kappa shape index (κ3) is 4.01. The number of benzene rings is 1. The average Bonchev–Trinajstić information content (AvgIpc) is 2.46. The molecule has 0 saturated carbocycles. The number of nitrogens with zero attached hydrogens (tertiary/aromatic N) is 2. The Morgan fingerprint density at radius 2 is 2.00 bits per heavy atom. The standard InChI is InChI=1S/C15H16BrN3O2/c1-9(2)14-18-8-12(13(19-14)15(20)21)17-7-10-3-5-11(16)6-4-10/h3-6,8-9,17H,7H2,1-2H3,(H,20,21). The van der Waals surface area contributed by atoms with Gasteiger partial charge in [-0.3, -0.25) is 0 Å². The van der Waals surface area contributed by atoms with Gasteiger partial charge in [0.1, 0.15) is 5.82 Å². The Bertz CT molecular complexity index is 642. The van der Waals surface area contributed by atoms with Crippen LogP contribution in [0.2, 0.25) is 0 Å². The molecule has 110 valence electrons. The van der Waals surface area contributed by atoms with Crippen LogP contribution < -0.4 is 5.32 Å². The number of carboxylic acid groups (broad SMARTS) is 1. The highest BCUT2D eigenvalue weighted by Gasteiger charge is 2.15. The van der Waals surface area contributed by atoms with E-state index in [1.165, 1.54) is 6.20 Å². The van der Waals surface area contributed by atoms with E-state index in [2.05, 4.69) is 31.2 Å². The lowest BCUT2D eigenvalue weighted by Crippen LogP contribution is -2.12. The maximum absolute atomic E-state index is 11.3. The zero-order chi connectivity index (χ0) is 15.4. The van der Waals surface area contributed by atoms with E-state index in [4.69, 9.17) is 0 Å². The van der Waals surface area contributed by atoms with Crippen LogP contribution in [0.3, 0.4) is 0 Å². The fraction of sp³-hybridized carbons (Fsp3) is 0.267. The molecule has 0 bridgehead atoms. The number of aromatic carboxylic acids is 1. The summed E-state index contributed by atoms with van der Waals surface area (Å²) in [6.45, 7) is 4.36. The van der Waals surface area contributed by atoms with Crippen molar-refractivity contribution in [3.8, 4) is 0 Å². The second-order valence-corrected chi connectivity index (χ2v) is 5.85. The molecular formula is C15H16BrN3O2. The number of hydrogen-bond donors (Lipinski definition) is 2. The second-order valence-electron chi connectivity index (χ2n) is 4.93. The summed E-state index contributed by atoms with van der Waals surface area (Å²) < 4.78 is 1.00. The molecule has 0 fully saturated rings. The number of carbonyl (C=O) groups is 1. The van der Waals surface area contributed by atoms with E-state index < -0.39 is 5.97 Å². The van der Waals surface area contributed by atoms with Crippen molar-refractivity contribution in [2.75, 3.05) is 5.32 Å². The van der Waals surface area contributed by atoms with E-state index in [-0.39, 0.29) is 11.6 Å². The van der Waals surface area contributed by atoms with Crippen molar-refractivity contribution in [1.82, 2.24) is 9.97 Å². The lowest BCUT2D eigenvalue weighted by atomic mass is 10.2. The minimum Gasteiger partial charge on any atom is -0.476 e. The third-order valence-electron chi connectivity index (χ3n) is 2.92. The molecule has 0 spiro atoms. The van der Waals surface area contributed by atoms with Crippen LogP contribution in [0.5, 0.6) is 0 Å². The molecule has 0 aliphatic heterocycles. The van der Waals surface area contributed by atoms with E-state index in [1.807, 2.05) is 38.1 Å². The predicted octanol–water partition coefficient (Wildman–Crippen LogP) is 3.67. The summed E-state index contributed by atoms with van der Waals surface area (Å²) in [5, 5.41) is 12.3. The van der Waals surface area contributed by atoms with E-state index in [9.17, 15) is 9.90 Å². The first-order chi connectivity index (χ1) is 9.97. The number of hydrogen-bond acceptors (Lipinski definition) is 4. The summed E-state index contributed by atoms with van der Waals surface area (Å²) in [5.41, 5.74) is 1.48. The Morgan fingerprint density at radius 1 is 1.33 bits per heavy atom. The van der Waals surface area contributed by atoms with Crippen LogP contribution in [0, 0.1) is 0 Å². The molecule has 0 radical (unpaired) electrons. The van der Waals surface area contributed by atoms with Crippen molar-refractivity contribution in [2.24, 2.45) is 0 Å². The monoisotopic (exact) mass is 349 g/mol. The van der Waals surface area contributed by atoms with Crippen LogP contribution in [0.1, 0.15) is 41.6 Å². The largest absolute Gasteiger partial charge is 0.476 e. The fourth-order valence-electron chi connectivity index (χ4n) is 1.77. The van der Waals surface area contributed by atoms with Gasteiger partial charge in [0.25, 0.3) is 0 Å². The van der Waals surface area contributed by atoms with Gasteiger partial charge in [0, 0.05) is 16.9 Å². The van der Waals surface area contributed by atoms with Gasteiger partial charge in [-0.05, 0) is 17.7 Å². The van der Waals surface area contributed by atoms with Gasteiger partial charge in [0.05, 0.1) is 11.9 Å². The molecule has 2 aromatic rings. The van der Waals surface area contributed by atoms with Crippen LogP contribution in [0.25, 0.3) is 0 Å². The molecule has 1 heterocycles. The van der Waals surface area contributed by atoms with Crippen molar-refractivity contribution in [2.45, 2.75) is 26.3 Å². The van der Waals surface area contributed by atoms with Crippen LogP contribution >= 0.6 is 15.9 Å². The number of rotatable bonds is 5. The molecule has 0 aliphatic carbocycles. The van der Waals surface area contributed by atoms with Crippen molar-refractivity contribution in [3.05, 3.63) is 52.0 Å². The van der Waals surface area contributed by atoms with Crippen molar-refractivity contribution in [3.63, 3.8) is 0 Å². The first-order valence-corrected chi connectivity index (χ1v) is 7.35. The zero-order valence-corrected chi connectivity index (χ0v) is 13.4. The highest BCUT2D eigenvalue weighted by Crippen LogP contribution is 2.18. The molecule has 21 heavy (non-hydrogen) atoms. The van der Waals surface area contributed by atoms with Crippen LogP contribution in [-0.2, 0) is 6.54 Å². The smallest absolute Gasteiger partial charge is 0.356 e. The Kier molecular flexibility index (Phi) is 4.90. The summed E-state index contributed by atoms with van der Waals surface area (Å²) in [7, 11) is 0. The molecule has 0 atom stereocenters. The Balaban J connectivity index is 2.19. The van der Waals surface area contributed by atoms with Gasteiger partial charge < -0.3 is 10.4 Å². The van der Waals surface area contributed by atoms with E-state index in [0.717, 1.165) is 10.0 Å². The third-order valence-corrected chi connectivity index (χ3v) is 3.45. The van der Waals surface area contributed by atoms with E-state index in [0.29, 0.717) is 18.1 Å². The van der Waals surface area contributed by atoms with Gasteiger partial charge in [-0.15, -0.1) is 0 Å². The first kappa shape index (κ1) is 15.4. The van der Waals surface area contributed by atoms with Gasteiger partial charge in [0.15, 0.2) is 5.69 Å². The summed E-state index contributed by atoms with van der Waals surface area (Å²) in [4.78, 5) is 19.6. The normalized spacial score (nSPS) is 10.7. The number of anilines is 1. The molecule has 2 rings (SSSR count). The van der Waals surface area contributed by atoms with E-state index in [1.54, 1.807) is 0 Å². The molecule has 1 aromatic heterocycles. The highest BCUT2D eigenvalue weighted by atomic mass is 79.9. The van der Waals surface area contributed by atoms with Gasteiger partial charge in [-0.25, -0.2) is 14.8 Å². The molecule has 5 nitrogen and oxygen atoms in total. The summed E-state index contributed by atoms with van der Waals surface area (Å²) in [6.07, 6.45) is 1.53. The minimum absolute atomic E-state index is 0.00538. The van der Waals surface area contributed by atoms with Gasteiger partial charge in [0.2, 0.25) is 0 Å². The quantitative estimate of drug-likeness (QED) is 0.861. The van der Waals surface area contributed by atoms with Gasteiger partial charge >= 0.3 is 5.97 Å². The molecule has 0 saturated heterocycles. The van der Waals surface area contributed by atoms with Crippen molar-refractivity contribution < 1.29 is 9.90 Å². The van der Waals surface area contributed by atoms with Crippen molar-refractivity contribution in [1.29, 1.82) is 0 Å². The summed E-state index contributed by atoms with van der Waals surface area (Å²) in [5.74, 6) is -0.442. The molecule has 6 heteroatoms. The molecule has 0 amide bonds. The SMILES string of the molecule is CC(C)c1ncc(NCc2ccc(Br)cc2)c(C(=O)O)n1. The topological polar surface area (TPSA) is 75.1 Å². The van der Waals surface area contributed by atoms with E-state index >= 15 is 0 Å². The number of halogens is 1. The number of aromatic nitrogens is 2. The Labute approximate surface area is 131 Å². The van der Waals surface area contributed by atoms with Crippen molar-refractivity contribution >= 4 is 27.6 Å². The summed E-state index contributed by atoms with van der Waals surface area (Å²) in [6, 6.07) is 7.79. The second kappa shape index (κ2) is 6.67. The van der Waals surface area contributed by atoms with Crippen LogP contribution in [-0.4, -0.2) is 21.0 Å². The Morgan fingerprint density at radius 3 is 2.57 bits per heavy atom. The molecule has 2 N–H and O–H groups in total. The maximum atomic E-state index is 11.3. The molecule has 0 aliphatic rings. The first-order valence-electron chi connectivity index (χ1n) is 6.56. The van der Waals surface area contributed by atoms with Crippen LogP contribution in [0.4, 0.5) is 5.69 Å². The summed E-state index contributed by atoms with van der Waals surface area (Å²) >= 11 is 3.38. The lowest BCUT2D eigenvalue weighted by Gasteiger charge is -2.11. The van der Waals surface area contributed by atoms with Gasteiger partial charge in [-0.1, -0.05) is 41.9 Å². The minimum atomic E-state index is -1.06.